The molecule has 8 heteroatoms. The number of imidazole rings is 1. The van der Waals surface area contributed by atoms with Crippen LogP contribution in [0.2, 0.25) is 0 Å². The Morgan fingerprint density at radius 3 is 2.79 bits per heavy atom. The number of fused-ring (bicyclic) bond motifs is 3. The summed E-state index contributed by atoms with van der Waals surface area (Å²) in [6.45, 7) is 2.24. The van der Waals surface area contributed by atoms with Crippen LogP contribution in [0.5, 0.6) is 0 Å². The van der Waals surface area contributed by atoms with Gasteiger partial charge in [0.05, 0.1) is 23.4 Å². The Balaban J connectivity index is 1.52. The molecule has 0 saturated heterocycles. The van der Waals surface area contributed by atoms with E-state index in [9.17, 15) is 4.79 Å². The molecular weight excluding hydrogens is 368 g/mol. The first kappa shape index (κ1) is 16.4. The number of nitrogens with one attached hydrogen (secondary N) is 1. The van der Waals surface area contributed by atoms with Crippen molar-refractivity contribution in [1.82, 2.24) is 30.0 Å². The van der Waals surface area contributed by atoms with Crippen molar-refractivity contribution in [2.45, 2.75) is 31.2 Å². The lowest BCUT2D eigenvalue weighted by molar-refractivity contribution is 0.0613. The van der Waals surface area contributed by atoms with Gasteiger partial charge in [-0.1, -0.05) is 24.3 Å². The molecule has 8 nitrogen and oxygen atoms in total. The topological polar surface area (TPSA) is 101 Å². The quantitative estimate of drug-likeness (QED) is 0.568. The fourth-order valence-corrected chi connectivity index (χ4v) is 4.38. The summed E-state index contributed by atoms with van der Waals surface area (Å²) in [5, 5.41) is 9.92. The molecule has 1 aliphatic heterocycles. The molecule has 1 aromatic carbocycles. The molecule has 4 heterocycles. The third kappa shape index (κ3) is 2.41. The van der Waals surface area contributed by atoms with E-state index in [2.05, 4.69) is 20.2 Å². The summed E-state index contributed by atoms with van der Waals surface area (Å²) in [5.41, 5.74) is 2.66. The Morgan fingerprint density at radius 2 is 2.03 bits per heavy atom. The van der Waals surface area contributed by atoms with Crippen LogP contribution in [-0.4, -0.2) is 42.5 Å². The third-order valence-corrected chi connectivity index (χ3v) is 5.98. The summed E-state index contributed by atoms with van der Waals surface area (Å²) < 4.78 is 5.45. The summed E-state index contributed by atoms with van der Waals surface area (Å²) in [6.07, 6.45) is 5.58. The van der Waals surface area contributed by atoms with Crippen molar-refractivity contribution in [1.29, 1.82) is 0 Å². The zero-order valence-corrected chi connectivity index (χ0v) is 15.8. The van der Waals surface area contributed by atoms with E-state index in [4.69, 9.17) is 9.40 Å². The molecule has 0 bridgehead atoms. The van der Waals surface area contributed by atoms with Crippen molar-refractivity contribution >= 4 is 16.7 Å². The lowest BCUT2D eigenvalue weighted by Gasteiger charge is -2.38. The van der Waals surface area contributed by atoms with Gasteiger partial charge >= 0.3 is 11.8 Å². The minimum Gasteiger partial charge on any atom is -0.417 e. The molecule has 6 rings (SSSR count). The number of amides is 1. The number of H-pyrrole nitrogens is 1. The molecule has 144 valence electrons. The van der Waals surface area contributed by atoms with Crippen molar-refractivity contribution in [2.24, 2.45) is 0 Å². The van der Waals surface area contributed by atoms with Crippen molar-refractivity contribution in [2.75, 3.05) is 6.54 Å². The molecular formula is C21H18N6O2. The largest absolute Gasteiger partial charge is 0.417 e. The van der Waals surface area contributed by atoms with E-state index in [1.54, 1.807) is 18.2 Å². The maximum Gasteiger partial charge on any atom is 0.312 e. The third-order valence-electron chi connectivity index (χ3n) is 5.98. The fourth-order valence-electron chi connectivity index (χ4n) is 4.38. The van der Waals surface area contributed by atoms with Crippen LogP contribution in [0.3, 0.4) is 0 Å². The highest BCUT2D eigenvalue weighted by atomic mass is 16.4. The van der Waals surface area contributed by atoms with E-state index >= 15 is 0 Å². The Bertz CT molecular complexity index is 1250. The second-order valence-corrected chi connectivity index (χ2v) is 7.86. The molecule has 1 N–H and O–H groups in total. The lowest BCUT2D eigenvalue weighted by atomic mass is 9.88. The number of aromatic amines is 1. The summed E-state index contributed by atoms with van der Waals surface area (Å²) >= 11 is 0. The molecule has 3 aromatic heterocycles. The maximum absolute atomic E-state index is 13.4. The first-order chi connectivity index (χ1) is 14.1. The molecule has 1 aliphatic carbocycles. The van der Waals surface area contributed by atoms with Gasteiger partial charge in [-0.15, -0.1) is 10.2 Å². The van der Waals surface area contributed by atoms with E-state index < -0.39 is 0 Å². The first-order valence-corrected chi connectivity index (χ1v) is 9.64. The van der Waals surface area contributed by atoms with Crippen molar-refractivity contribution < 1.29 is 9.21 Å². The number of aromatic nitrogens is 5. The number of rotatable bonds is 2. The SMILES string of the molecule is Cc1nnc(C(=O)N2CC3(CC3)c3nc[nH]c3[C@@H]2c2cc3ccccc3cn2)o1. The van der Waals surface area contributed by atoms with E-state index in [1.807, 2.05) is 36.5 Å². The average Bonchev–Trinajstić information content (AvgIpc) is 3.13. The number of hydrogen-bond donors (Lipinski definition) is 1. The van der Waals surface area contributed by atoms with Gasteiger partial charge in [0.1, 0.15) is 6.04 Å². The predicted molar refractivity (Wildman–Crippen MR) is 103 cm³/mol. The number of aryl methyl sites for hydroxylation is 1. The highest BCUT2D eigenvalue weighted by Crippen LogP contribution is 2.54. The Labute approximate surface area is 166 Å². The molecule has 0 unspecified atom stereocenters. The van der Waals surface area contributed by atoms with E-state index in [0.717, 1.165) is 40.7 Å². The van der Waals surface area contributed by atoms with Crippen LogP contribution in [0.1, 0.15) is 52.5 Å². The van der Waals surface area contributed by atoms with Gasteiger partial charge in [-0.05, 0) is 24.3 Å². The van der Waals surface area contributed by atoms with E-state index in [1.165, 1.54) is 0 Å². The summed E-state index contributed by atoms with van der Waals surface area (Å²) in [6, 6.07) is 9.71. The summed E-state index contributed by atoms with van der Waals surface area (Å²) in [4.78, 5) is 27.8. The highest BCUT2D eigenvalue weighted by molar-refractivity contribution is 5.91. The fraction of sp³-hybridized carbons (Fsp3) is 0.286. The van der Waals surface area contributed by atoms with Crippen LogP contribution >= 0.6 is 0 Å². The van der Waals surface area contributed by atoms with Crippen molar-refractivity contribution in [3.8, 4) is 0 Å². The molecule has 2 aliphatic rings. The normalized spacial score (nSPS) is 19.5. The zero-order chi connectivity index (χ0) is 19.6. The minimum atomic E-state index is -0.386. The van der Waals surface area contributed by atoms with Gasteiger partial charge in [0.2, 0.25) is 5.89 Å². The van der Waals surface area contributed by atoms with Gasteiger partial charge in [-0.2, -0.15) is 0 Å². The first-order valence-electron chi connectivity index (χ1n) is 9.64. The highest BCUT2D eigenvalue weighted by Gasteiger charge is 2.55. The molecule has 4 aromatic rings. The van der Waals surface area contributed by atoms with Crippen LogP contribution in [-0.2, 0) is 5.41 Å². The Kier molecular flexibility index (Phi) is 3.24. The second kappa shape index (κ2) is 5.73. The molecule has 1 spiro atoms. The van der Waals surface area contributed by atoms with Gasteiger partial charge in [0, 0.05) is 30.5 Å². The Morgan fingerprint density at radius 1 is 1.21 bits per heavy atom. The minimum absolute atomic E-state index is 0.00653. The van der Waals surface area contributed by atoms with Crippen molar-refractivity contribution in [3.05, 3.63) is 71.7 Å². The molecule has 1 saturated carbocycles. The van der Waals surface area contributed by atoms with Crippen LogP contribution in [0.25, 0.3) is 10.8 Å². The molecule has 1 atom stereocenters. The molecule has 29 heavy (non-hydrogen) atoms. The number of hydrogen-bond acceptors (Lipinski definition) is 6. The number of benzene rings is 1. The number of pyridine rings is 1. The van der Waals surface area contributed by atoms with Gasteiger partial charge in [0.25, 0.3) is 0 Å². The Hall–Kier alpha value is -3.55. The number of nitrogens with zero attached hydrogens (tertiary/aromatic N) is 5. The van der Waals surface area contributed by atoms with Crippen molar-refractivity contribution in [3.63, 3.8) is 0 Å². The van der Waals surface area contributed by atoms with Gasteiger partial charge < -0.3 is 14.3 Å². The van der Waals surface area contributed by atoms with Gasteiger partial charge in [0.15, 0.2) is 0 Å². The van der Waals surface area contributed by atoms with Crippen LogP contribution in [0, 0.1) is 6.92 Å². The van der Waals surface area contributed by atoms with Crippen LogP contribution < -0.4 is 0 Å². The number of carbonyl (C=O) groups excluding carboxylic acids is 1. The summed E-state index contributed by atoms with van der Waals surface area (Å²) in [5.74, 6) is 0.0956. The van der Waals surface area contributed by atoms with E-state index in [0.29, 0.717) is 12.4 Å². The average molecular weight is 386 g/mol. The van der Waals surface area contributed by atoms with Gasteiger partial charge in [-0.25, -0.2) is 4.98 Å². The summed E-state index contributed by atoms with van der Waals surface area (Å²) in [7, 11) is 0. The second-order valence-electron chi connectivity index (χ2n) is 7.86. The molecule has 1 amide bonds. The van der Waals surface area contributed by atoms with Crippen LogP contribution in [0.4, 0.5) is 0 Å². The standard InChI is InChI=1S/C21H18N6O2/c1-12-25-26-19(29-12)20(28)27-10-21(6-7-21)18-16(23-11-24-18)17(27)15-8-13-4-2-3-5-14(13)9-22-15/h2-5,8-9,11,17H,6-7,10H2,1H3,(H,23,24)/t17-/m0/s1. The molecule has 1 fully saturated rings. The lowest BCUT2D eigenvalue weighted by Crippen LogP contribution is -2.46. The number of carbonyl (C=O) groups is 1. The molecule has 0 radical (unpaired) electrons. The zero-order valence-electron chi connectivity index (χ0n) is 15.8. The van der Waals surface area contributed by atoms with Gasteiger partial charge in [-0.3, -0.25) is 9.78 Å². The maximum atomic E-state index is 13.4. The monoisotopic (exact) mass is 386 g/mol. The van der Waals surface area contributed by atoms with Crippen LogP contribution in [0.15, 0.2) is 47.3 Å². The van der Waals surface area contributed by atoms with E-state index in [-0.39, 0.29) is 23.3 Å². The smallest absolute Gasteiger partial charge is 0.312 e. The predicted octanol–water partition coefficient (Wildman–Crippen LogP) is 2.93.